The molecule has 1 unspecified atom stereocenters. The van der Waals surface area contributed by atoms with Crippen molar-refractivity contribution in [2.24, 2.45) is 0 Å². The van der Waals surface area contributed by atoms with E-state index in [0.29, 0.717) is 5.13 Å². The number of aromatic nitrogens is 2. The number of hydrogen-bond acceptors (Lipinski definition) is 6. The average molecular weight is 509 g/mol. The van der Waals surface area contributed by atoms with Crippen LogP contribution in [0.4, 0.5) is 5.13 Å². The Bertz CT molecular complexity index is 1100. The van der Waals surface area contributed by atoms with Gasteiger partial charge in [-0.2, -0.15) is 4.72 Å². The lowest BCUT2D eigenvalue weighted by molar-refractivity contribution is -0.117. The summed E-state index contributed by atoms with van der Waals surface area (Å²) in [4.78, 5) is 13.0. The summed E-state index contributed by atoms with van der Waals surface area (Å²) in [6.45, 7) is 3.97. The van der Waals surface area contributed by atoms with E-state index in [-0.39, 0.29) is 17.2 Å². The zero-order valence-electron chi connectivity index (χ0n) is 16.4. The maximum Gasteiger partial charge on any atom is 0.244 e. The van der Waals surface area contributed by atoms with Gasteiger partial charge in [0.15, 0.2) is 0 Å². The van der Waals surface area contributed by atoms with Crippen LogP contribution in [0.15, 0.2) is 64.0 Å². The van der Waals surface area contributed by atoms with Crippen LogP contribution in [0.1, 0.15) is 30.3 Å². The van der Waals surface area contributed by atoms with Crippen molar-refractivity contribution in [2.45, 2.75) is 37.1 Å². The van der Waals surface area contributed by atoms with Crippen LogP contribution in [0.5, 0.6) is 0 Å². The maximum atomic E-state index is 13.0. The smallest absolute Gasteiger partial charge is 0.244 e. The lowest BCUT2D eigenvalue weighted by atomic mass is 10.1. The van der Waals surface area contributed by atoms with E-state index in [1.807, 2.05) is 44.2 Å². The third-order valence-electron chi connectivity index (χ3n) is 4.19. The molecule has 0 fully saturated rings. The van der Waals surface area contributed by atoms with Gasteiger partial charge in [0, 0.05) is 10.4 Å². The van der Waals surface area contributed by atoms with Crippen LogP contribution in [0.3, 0.4) is 0 Å². The average Bonchev–Trinajstić information content (AvgIpc) is 3.17. The summed E-state index contributed by atoms with van der Waals surface area (Å²) in [5.41, 5.74) is 0.830. The Hall–Kier alpha value is -2.14. The maximum absolute atomic E-state index is 13.0. The van der Waals surface area contributed by atoms with Crippen LogP contribution in [-0.4, -0.2) is 30.6 Å². The van der Waals surface area contributed by atoms with E-state index in [2.05, 4.69) is 36.2 Å². The Morgan fingerprint density at radius 1 is 1.07 bits per heavy atom. The number of nitrogens with one attached hydrogen (secondary N) is 2. The van der Waals surface area contributed by atoms with Gasteiger partial charge in [-0.1, -0.05) is 71.4 Å². The predicted octanol–water partition coefficient (Wildman–Crippen LogP) is 3.95. The van der Waals surface area contributed by atoms with Gasteiger partial charge in [0.25, 0.3) is 0 Å². The highest BCUT2D eigenvalue weighted by Crippen LogP contribution is 2.23. The van der Waals surface area contributed by atoms with Crippen molar-refractivity contribution in [1.82, 2.24) is 14.9 Å². The van der Waals surface area contributed by atoms with Crippen molar-refractivity contribution >= 4 is 48.3 Å². The van der Waals surface area contributed by atoms with Crippen molar-refractivity contribution in [3.63, 3.8) is 0 Å². The monoisotopic (exact) mass is 508 g/mol. The Balaban J connectivity index is 1.83. The summed E-state index contributed by atoms with van der Waals surface area (Å²) < 4.78 is 29.0. The molecule has 0 aliphatic carbocycles. The fourth-order valence-corrected chi connectivity index (χ4v) is 4.83. The molecule has 1 heterocycles. The van der Waals surface area contributed by atoms with E-state index < -0.39 is 22.0 Å². The number of nitrogens with zero attached hydrogens (tertiary/aromatic N) is 2. The van der Waals surface area contributed by atoms with Crippen LogP contribution >= 0.6 is 27.3 Å². The second-order valence-corrected chi connectivity index (χ2v) is 10.5. The van der Waals surface area contributed by atoms with Crippen LogP contribution in [0, 0.1) is 0 Å². The molecule has 0 bridgehead atoms. The quantitative estimate of drug-likeness (QED) is 0.479. The van der Waals surface area contributed by atoms with Gasteiger partial charge in [0.2, 0.25) is 21.1 Å². The first kappa shape index (κ1) is 22.5. The molecule has 30 heavy (non-hydrogen) atoms. The second-order valence-electron chi connectivity index (χ2n) is 6.91. The number of benzene rings is 2. The fraction of sp³-hybridized carbons (Fsp3) is 0.250. The Kier molecular flexibility index (Phi) is 7.35. The highest BCUT2D eigenvalue weighted by Gasteiger charge is 2.27. The number of sulfonamides is 1. The van der Waals surface area contributed by atoms with Crippen molar-refractivity contribution < 1.29 is 13.2 Å². The third-order valence-corrected chi connectivity index (χ3v) is 7.34. The lowest BCUT2D eigenvalue weighted by Gasteiger charge is -2.18. The minimum absolute atomic E-state index is 0.0783. The molecule has 0 saturated heterocycles. The molecule has 7 nitrogen and oxygen atoms in total. The summed E-state index contributed by atoms with van der Waals surface area (Å²) >= 11 is 4.56. The van der Waals surface area contributed by atoms with Crippen LogP contribution in [0.2, 0.25) is 0 Å². The molecule has 158 valence electrons. The zero-order chi connectivity index (χ0) is 21.7. The molecule has 1 atom stereocenters. The Morgan fingerprint density at radius 2 is 1.73 bits per heavy atom. The molecular weight excluding hydrogens is 488 g/mol. The predicted molar refractivity (Wildman–Crippen MR) is 121 cm³/mol. The first-order valence-corrected chi connectivity index (χ1v) is 12.3. The Labute approximate surface area is 188 Å². The normalized spacial score (nSPS) is 12.7. The van der Waals surface area contributed by atoms with Crippen molar-refractivity contribution in [3.8, 4) is 0 Å². The van der Waals surface area contributed by atoms with Gasteiger partial charge in [0.05, 0.1) is 4.90 Å². The first-order chi connectivity index (χ1) is 14.2. The molecule has 10 heteroatoms. The van der Waals surface area contributed by atoms with E-state index in [0.717, 1.165) is 15.0 Å². The van der Waals surface area contributed by atoms with E-state index in [4.69, 9.17) is 0 Å². The minimum Gasteiger partial charge on any atom is -0.299 e. The summed E-state index contributed by atoms with van der Waals surface area (Å²) in [6, 6.07) is 14.4. The molecule has 2 N–H and O–H groups in total. The standard InChI is InChI=1S/C20H21BrN4O3S2/c1-13(2)19-23-24-20(29-19)22-18(26)17(12-14-6-4-3-5-7-14)25-30(27,28)16-10-8-15(21)9-11-16/h3-11,13,17,25H,12H2,1-2H3,(H,22,24,26). The minimum atomic E-state index is -3.91. The number of carbonyl (C=O) groups excluding carboxylic acids is 1. The third kappa shape index (κ3) is 5.94. The summed E-state index contributed by atoms with van der Waals surface area (Å²) in [5, 5.41) is 11.9. The molecule has 3 rings (SSSR count). The molecule has 1 amide bonds. The van der Waals surface area contributed by atoms with Crippen molar-refractivity contribution in [1.29, 1.82) is 0 Å². The number of rotatable bonds is 8. The van der Waals surface area contributed by atoms with Crippen LogP contribution in [0.25, 0.3) is 0 Å². The fourth-order valence-electron chi connectivity index (χ4n) is 2.62. The van der Waals surface area contributed by atoms with Gasteiger partial charge in [-0.25, -0.2) is 8.42 Å². The Morgan fingerprint density at radius 3 is 2.33 bits per heavy atom. The largest absolute Gasteiger partial charge is 0.299 e. The van der Waals surface area contributed by atoms with Crippen molar-refractivity contribution in [2.75, 3.05) is 5.32 Å². The first-order valence-electron chi connectivity index (χ1n) is 9.20. The van der Waals surface area contributed by atoms with Crippen LogP contribution in [-0.2, 0) is 21.2 Å². The molecule has 1 aromatic heterocycles. The van der Waals surface area contributed by atoms with Gasteiger partial charge in [-0.05, 0) is 36.2 Å². The van der Waals surface area contributed by atoms with Gasteiger partial charge in [-0.3, -0.25) is 10.1 Å². The summed E-state index contributed by atoms with van der Waals surface area (Å²) in [6.07, 6.45) is 0.193. The number of hydrogen-bond donors (Lipinski definition) is 2. The second kappa shape index (κ2) is 9.78. The zero-order valence-corrected chi connectivity index (χ0v) is 19.6. The molecule has 2 aromatic carbocycles. The van der Waals surface area contributed by atoms with Gasteiger partial charge < -0.3 is 0 Å². The molecule has 0 aliphatic heterocycles. The van der Waals surface area contributed by atoms with Gasteiger partial charge in [-0.15, -0.1) is 10.2 Å². The molecule has 0 spiro atoms. The van der Waals surface area contributed by atoms with E-state index in [1.165, 1.54) is 23.5 Å². The number of carbonyl (C=O) groups is 1. The highest BCUT2D eigenvalue weighted by atomic mass is 79.9. The molecule has 0 radical (unpaired) electrons. The highest BCUT2D eigenvalue weighted by molar-refractivity contribution is 9.10. The number of halogens is 1. The van der Waals surface area contributed by atoms with E-state index in [1.54, 1.807) is 12.1 Å². The molecule has 0 aliphatic rings. The summed E-state index contributed by atoms with van der Waals surface area (Å²) in [7, 11) is -3.91. The SMILES string of the molecule is CC(C)c1nnc(NC(=O)C(Cc2ccccc2)NS(=O)(=O)c2ccc(Br)cc2)s1. The van der Waals surface area contributed by atoms with Crippen molar-refractivity contribution in [3.05, 3.63) is 69.6 Å². The van der Waals surface area contributed by atoms with Crippen LogP contribution < -0.4 is 10.0 Å². The lowest BCUT2D eigenvalue weighted by Crippen LogP contribution is -2.45. The molecule has 3 aromatic rings. The molecular formula is C20H21BrN4O3S2. The van der Waals surface area contributed by atoms with Gasteiger partial charge >= 0.3 is 0 Å². The number of anilines is 1. The number of amides is 1. The van der Waals surface area contributed by atoms with Gasteiger partial charge in [0.1, 0.15) is 11.0 Å². The van der Waals surface area contributed by atoms with E-state index >= 15 is 0 Å². The summed E-state index contributed by atoms with van der Waals surface area (Å²) in [5.74, 6) is -0.310. The topological polar surface area (TPSA) is 101 Å². The molecule has 0 saturated carbocycles. The van der Waals surface area contributed by atoms with E-state index in [9.17, 15) is 13.2 Å².